The summed E-state index contributed by atoms with van der Waals surface area (Å²) in [6.07, 6.45) is 4.49. The van der Waals surface area contributed by atoms with Gasteiger partial charge in [0.15, 0.2) is 0 Å². The van der Waals surface area contributed by atoms with Crippen molar-refractivity contribution in [2.75, 3.05) is 0 Å². The summed E-state index contributed by atoms with van der Waals surface area (Å²) < 4.78 is 0. The summed E-state index contributed by atoms with van der Waals surface area (Å²) in [6, 6.07) is -0.344. The van der Waals surface area contributed by atoms with E-state index in [9.17, 15) is 9.59 Å². The molecule has 1 aliphatic heterocycles. The molecule has 1 heterocycles. The van der Waals surface area contributed by atoms with Crippen molar-refractivity contribution >= 4 is 11.8 Å². The molecule has 2 aliphatic rings. The highest BCUT2D eigenvalue weighted by Gasteiger charge is 2.55. The van der Waals surface area contributed by atoms with Crippen LogP contribution in [0.4, 0.5) is 0 Å². The fourth-order valence-corrected chi connectivity index (χ4v) is 3.58. The summed E-state index contributed by atoms with van der Waals surface area (Å²) in [5, 5.41) is 3.07. The Morgan fingerprint density at radius 2 is 1.85 bits per heavy atom. The molecule has 1 atom stereocenters. The van der Waals surface area contributed by atoms with Crippen LogP contribution in [-0.4, -0.2) is 33.8 Å². The number of nitrogens with zero attached hydrogens (tertiary/aromatic N) is 1. The van der Waals surface area contributed by atoms with Gasteiger partial charge in [-0.25, -0.2) is 0 Å². The zero-order chi connectivity index (χ0) is 15.1. The summed E-state index contributed by atoms with van der Waals surface area (Å²) in [5.74, 6) is 0.298. The third-order valence-corrected chi connectivity index (χ3v) is 5.14. The van der Waals surface area contributed by atoms with Crippen LogP contribution in [-0.2, 0) is 9.59 Å². The minimum Gasteiger partial charge on any atom is -0.340 e. The second kappa shape index (κ2) is 5.05. The lowest BCUT2D eigenvalue weighted by Gasteiger charge is -2.52. The molecule has 4 nitrogen and oxygen atoms in total. The minimum atomic E-state index is -0.616. The van der Waals surface area contributed by atoms with Crippen LogP contribution in [0.2, 0.25) is 0 Å². The molecule has 0 aromatic heterocycles. The molecular weight excluding hydrogens is 252 g/mol. The second-order valence-corrected chi connectivity index (χ2v) is 7.31. The first kappa shape index (κ1) is 15.3. The van der Waals surface area contributed by atoms with Gasteiger partial charge in [-0.3, -0.25) is 9.59 Å². The van der Waals surface area contributed by atoms with E-state index >= 15 is 0 Å². The summed E-state index contributed by atoms with van der Waals surface area (Å²) in [7, 11) is 0. The van der Waals surface area contributed by atoms with Crippen molar-refractivity contribution in [3.63, 3.8) is 0 Å². The Hall–Kier alpha value is -1.06. The van der Waals surface area contributed by atoms with E-state index < -0.39 is 5.54 Å². The SMILES string of the molecule is CCC(C)(C)N1C(=O)C2(CCCC2)NC(=O)C1C(C)C. The fraction of sp³-hybridized carbons (Fsp3) is 0.875. The number of rotatable bonds is 3. The number of nitrogens with one attached hydrogen (secondary N) is 1. The molecule has 0 aromatic carbocycles. The first-order valence-electron chi connectivity index (χ1n) is 7.91. The summed E-state index contributed by atoms with van der Waals surface area (Å²) >= 11 is 0. The molecule has 2 rings (SSSR count). The van der Waals surface area contributed by atoms with Gasteiger partial charge in [0.1, 0.15) is 11.6 Å². The molecule has 20 heavy (non-hydrogen) atoms. The summed E-state index contributed by atoms with van der Waals surface area (Å²) in [5.41, 5.74) is -0.895. The molecule has 1 saturated carbocycles. The normalized spacial score (nSPS) is 26.5. The Morgan fingerprint density at radius 1 is 1.30 bits per heavy atom. The van der Waals surface area contributed by atoms with E-state index in [1.165, 1.54) is 0 Å². The van der Waals surface area contributed by atoms with Gasteiger partial charge in [0.05, 0.1) is 0 Å². The van der Waals surface area contributed by atoms with Crippen LogP contribution in [0.15, 0.2) is 0 Å². The number of carbonyl (C=O) groups excluding carboxylic acids is 2. The molecule has 0 radical (unpaired) electrons. The zero-order valence-corrected chi connectivity index (χ0v) is 13.5. The van der Waals surface area contributed by atoms with Crippen LogP contribution < -0.4 is 5.32 Å². The van der Waals surface area contributed by atoms with Gasteiger partial charge in [-0.2, -0.15) is 0 Å². The van der Waals surface area contributed by atoms with Gasteiger partial charge in [0.2, 0.25) is 11.8 Å². The maximum absolute atomic E-state index is 13.1. The van der Waals surface area contributed by atoms with Crippen LogP contribution >= 0.6 is 0 Å². The van der Waals surface area contributed by atoms with Crippen molar-refractivity contribution in [3.05, 3.63) is 0 Å². The number of carbonyl (C=O) groups is 2. The lowest BCUT2D eigenvalue weighted by Crippen LogP contribution is -2.74. The molecule has 4 heteroatoms. The molecule has 1 saturated heterocycles. The van der Waals surface area contributed by atoms with Crippen LogP contribution in [0.25, 0.3) is 0 Å². The van der Waals surface area contributed by atoms with Crippen LogP contribution in [0.1, 0.15) is 66.7 Å². The molecule has 0 aromatic rings. The average Bonchev–Trinajstić information content (AvgIpc) is 2.82. The van der Waals surface area contributed by atoms with E-state index in [-0.39, 0.29) is 29.3 Å². The molecule has 1 spiro atoms. The van der Waals surface area contributed by atoms with E-state index in [1.54, 1.807) is 0 Å². The molecular formula is C16H28N2O2. The summed E-state index contributed by atoms with van der Waals surface area (Å²) in [6.45, 7) is 10.3. The molecule has 2 fully saturated rings. The smallest absolute Gasteiger partial charge is 0.249 e. The Kier molecular flexibility index (Phi) is 3.87. The Bertz CT molecular complexity index is 409. The first-order chi connectivity index (χ1) is 9.25. The Morgan fingerprint density at radius 3 is 2.30 bits per heavy atom. The van der Waals surface area contributed by atoms with Crippen molar-refractivity contribution in [3.8, 4) is 0 Å². The maximum Gasteiger partial charge on any atom is 0.249 e. The van der Waals surface area contributed by atoms with E-state index in [1.807, 2.05) is 18.7 Å². The topological polar surface area (TPSA) is 49.4 Å². The quantitative estimate of drug-likeness (QED) is 0.863. The fourth-order valence-electron chi connectivity index (χ4n) is 3.58. The largest absolute Gasteiger partial charge is 0.340 e. The lowest BCUT2D eigenvalue weighted by atomic mass is 9.83. The predicted octanol–water partition coefficient (Wildman–Crippen LogP) is 2.47. The highest BCUT2D eigenvalue weighted by atomic mass is 16.2. The number of hydrogen-bond donors (Lipinski definition) is 1. The van der Waals surface area contributed by atoms with Gasteiger partial charge >= 0.3 is 0 Å². The highest BCUT2D eigenvalue weighted by Crippen LogP contribution is 2.39. The van der Waals surface area contributed by atoms with Crippen molar-refractivity contribution in [1.82, 2.24) is 10.2 Å². The third-order valence-electron chi connectivity index (χ3n) is 5.14. The van der Waals surface area contributed by atoms with Gasteiger partial charge in [-0.15, -0.1) is 0 Å². The molecule has 114 valence electrons. The monoisotopic (exact) mass is 280 g/mol. The average molecular weight is 280 g/mol. The van der Waals surface area contributed by atoms with Gasteiger partial charge in [-0.05, 0) is 39.0 Å². The van der Waals surface area contributed by atoms with Crippen LogP contribution in [0.3, 0.4) is 0 Å². The Labute approximate surface area is 122 Å². The standard InChI is InChI=1S/C16H28N2O2/c1-6-15(4,5)18-12(11(2)3)13(19)17-16(14(18)20)9-7-8-10-16/h11-12H,6-10H2,1-5H3,(H,17,19). The van der Waals surface area contributed by atoms with Crippen LogP contribution in [0.5, 0.6) is 0 Å². The highest BCUT2D eigenvalue weighted by molar-refractivity contribution is 6.00. The van der Waals surface area contributed by atoms with E-state index in [0.29, 0.717) is 0 Å². The van der Waals surface area contributed by atoms with Crippen molar-refractivity contribution < 1.29 is 9.59 Å². The van der Waals surface area contributed by atoms with Crippen molar-refractivity contribution in [2.24, 2.45) is 5.92 Å². The zero-order valence-electron chi connectivity index (χ0n) is 13.5. The van der Waals surface area contributed by atoms with E-state index in [2.05, 4.69) is 26.1 Å². The van der Waals surface area contributed by atoms with Crippen LogP contribution in [0, 0.1) is 5.92 Å². The molecule has 1 aliphatic carbocycles. The third kappa shape index (κ3) is 2.23. The predicted molar refractivity (Wildman–Crippen MR) is 79.2 cm³/mol. The molecule has 0 bridgehead atoms. The van der Waals surface area contributed by atoms with Gasteiger partial charge < -0.3 is 10.2 Å². The lowest BCUT2D eigenvalue weighted by molar-refractivity contribution is -0.164. The Balaban J connectivity index is 2.44. The van der Waals surface area contributed by atoms with Crippen molar-refractivity contribution in [2.45, 2.75) is 83.8 Å². The van der Waals surface area contributed by atoms with Gasteiger partial charge in [-0.1, -0.05) is 33.6 Å². The number of hydrogen-bond acceptors (Lipinski definition) is 2. The first-order valence-corrected chi connectivity index (χ1v) is 7.91. The van der Waals surface area contributed by atoms with Gasteiger partial charge in [0.25, 0.3) is 0 Å². The molecule has 2 amide bonds. The summed E-state index contributed by atoms with van der Waals surface area (Å²) in [4.78, 5) is 27.6. The number of amides is 2. The van der Waals surface area contributed by atoms with E-state index in [0.717, 1.165) is 32.1 Å². The molecule has 1 N–H and O–H groups in total. The van der Waals surface area contributed by atoms with E-state index in [4.69, 9.17) is 0 Å². The second-order valence-electron chi connectivity index (χ2n) is 7.31. The van der Waals surface area contributed by atoms with Gasteiger partial charge in [0, 0.05) is 5.54 Å². The maximum atomic E-state index is 13.1. The number of piperazine rings is 1. The molecule has 1 unspecified atom stereocenters. The minimum absolute atomic E-state index is 0.0306. The van der Waals surface area contributed by atoms with Crippen molar-refractivity contribution in [1.29, 1.82) is 0 Å².